The molecule has 0 saturated carbocycles. The summed E-state index contributed by atoms with van der Waals surface area (Å²) in [7, 11) is 0. The minimum Gasteiger partial charge on any atom is -0.389 e. The standard InChI is InChI=1S/C10H14OS/c1-8(2)5-10(11)6-9-3-4-12-7-9/h3-5,7,10-11H,6H2,1-2H3. The Morgan fingerprint density at radius 2 is 2.42 bits per heavy atom. The summed E-state index contributed by atoms with van der Waals surface area (Å²) >= 11 is 1.67. The van der Waals surface area contributed by atoms with E-state index >= 15 is 0 Å². The second-order valence-corrected chi connectivity index (χ2v) is 3.93. The number of rotatable bonds is 3. The number of hydrogen-bond acceptors (Lipinski definition) is 2. The van der Waals surface area contributed by atoms with Crippen molar-refractivity contribution in [3.8, 4) is 0 Å². The van der Waals surface area contributed by atoms with E-state index in [-0.39, 0.29) is 6.10 Å². The van der Waals surface area contributed by atoms with Crippen LogP contribution in [-0.4, -0.2) is 11.2 Å². The van der Waals surface area contributed by atoms with E-state index in [0.717, 1.165) is 12.0 Å². The average molecular weight is 182 g/mol. The molecule has 1 aromatic rings. The zero-order valence-corrected chi connectivity index (χ0v) is 8.27. The van der Waals surface area contributed by atoms with E-state index in [1.807, 2.05) is 31.4 Å². The molecule has 1 nitrogen and oxygen atoms in total. The molecule has 0 amide bonds. The summed E-state index contributed by atoms with van der Waals surface area (Å²) in [6, 6.07) is 2.05. The SMILES string of the molecule is CC(C)=CC(O)Cc1ccsc1. The van der Waals surface area contributed by atoms with Crippen molar-refractivity contribution in [2.75, 3.05) is 0 Å². The molecule has 0 aromatic carbocycles. The van der Waals surface area contributed by atoms with E-state index in [9.17, 15) is 5.11 Å². The fourth-order valence-electron chi connectivity index (χ4n) is 1.09. The average Bonchev–Trinajstić information content (AvgIpc) is 2.37. The van der Waals surface area contributed by atoms with Crippen LogP contribution in [0, 0.1) is 0 Å². The summed E-state index contributed by atoms with van der Waals surface area (Å²) in [4.78, 5) is 0. The van der Waals surface area contributed by atoms with Gasteiger partial charge in [0.2, 0.25) is 0 Å². The summed E-state index contributed by atoms with van der Waals surface area (Å²) in [5.41, 5.74) is 2.38. The minimum atomic E-state index is -0.329. The van der Waals surface area contributed by atoms with Crippen LogP contribution in [0.4, 0.5) is 0 Å². The minimum absolute atomic E-state index is 0.329. The molecule has 1 rings (SSSR count). The van der Waals surface area contributed by atoms with Crippen LogP contribution >= 0.6 is 11.3 Å². The lowest BCUT2D eigenvalue weighted by Crippen LogP contribution is -2.06. The van der Waals surface area contributed by atoms with Gasteiger partial charge in [0.1, 0.15) is 0 Å². The summed E-state index contributed by atoms with van der Waals surface area (Å²) in [6.07, 6.45) is 2.29. The first-order valence-electron chi connectivity index (χ1n) is 4.02. The molecule has 0 aliphatic rings. The number of aliphatic hydroxyl groups excluding tert-OH is 1. The van der Waals surface area contributed by atoms with E-state index in [0.29, 0.717) is 0 Å². The zero-order chi connectivity index (χ0) is 8.97. The van der Waals surface area contributed by atoms with Crippen molar-refractivity contribution in [2.24, 2.45) is 0 Å². The Morgan fingerprint density at radius 1 is 1.67 bits per heavy atom. The Bertz CT molecular complexity index is 245. The van der Waals surface area contributed by atoms with E-state index in [2.05, 4.69) is 5.38 Å². The molecule has 0 saturated heterocycles. The monoisotopic (exact) mass is 182 g/mol. The number of hydrogen-bond donors (Lipinski definition) is 1. The molecule has 0 aliphatic carbocycles. The summed E-state index contributed by atoms with van der Waals surface area (Å²) in [5, 5.41) is 13.6. The third kappa shape index (κ3) is 3.20. The molecule has 1 unspecified atom stereocenters. The Balaban J connectivity index is 2.47. The molecule has 0 fully saturated rings. The number of aliphatic hydroxyl groups is 1. The largest absolute Gasteiger partial charge is 0.389 e. The fraction of sp³-hybridized carbons (Fsp3) is 0.400. The third-order valence-electron chi connectivity index (χ3n) is 1.55. The summed E-state index contributed by atoms with van der Waals surface area (Å²) < 4.78 is 0. The summed E-state index contributed by atoms with van der Waals surface area (Å²) in [6.45, 7) is 3.99. The Kier molecular flexibility index (Phi) is 3.50. The maximum absolute atomic E-state index is 9.52. The van der Waals surface area contributed by atoms with Gasteiger partial charge in [-0.25, -0.2) is 0 Å². The smallest absolute Gasteiger partial charge is 0.0763 e. The van der Waals surface area contributed by atoms with Gasteiger partial charge in [-0.1, -0.05) is 11.6 Å². The zero-order valence-electron chi connectivity index (χ0n) is 7.45. The predicted molar refractivity (Wildman–Crippen MR) is 53.5 cm³/mol. The molecule has 66 valence electrons. The Morgan fingerprint density at radius 3 is 2.92 bits per heavy atom. The first-order chi connectivity index (χ1) is 5.68. The molecule has 1 atom stereocenters. The van der Waals surface area contributed by atoms with Gasteiger partial charge in [-0.05, 0) is 36.2 Å². The van der Waals surface area contributed by atoms with Gasteiger partial charge >= 0.3 is 0 Å². The van der Waals surface area contributed by atoms with Crippen molar-refractivity contribution in [3.05, 3.63) is 34.0 Å². The van der Waals surface area contributed by atoms with Gasteiger partial charge in [0.05, 0.1) is 6.10 Å². The summed E-state index contributed by atoms with van der Waals surface area (Å²) in [5.74, 6) is 0. The Hall–Kier alpha value is -0.600. The first-order valence-corrected chi connectivity index (χ1v) is 4.97. The maximum Gasteiger partial charge on any atom is 0.0763 e. The van der Waals surface area contributed by atoms with Gasteiger partial charge in [0, 0.05) is 6.42 Å². The molecule has 0 aliphatic heterocycles. The quantitative estimate of drug-likeness (QED) is 0.712. The third-order valence-corrected chi connectivity index (χ3v) is 2.28. The van der Waals surface area contributed by atoms with Crippen molar-refractivity contribution >= 4 is 11.3 Å². The van der Waals surface area contributed by atoms with Crippen molar-refractivity contribution in [2.45, 2.75) is 26.4 Å². The molecular formula is C10H14OS. The van der Waals surface area contributed by atoms with Gasteiger partial charge in [0.25, 0.3) is 0 Å². The van der Waals surface area contributed by atoms with Crippen LogP contribution in [0.25, 0.3) is 0 Å². The number of thiophene rings is 1. The van der Waals surface area contributed by atoms with Crippen LogP contribution in [0.3, 0.4) is 0 Å². The molecule has 12 heavy (non-hydrogen) atoms. The molecule has 0 spiro atoms. The maximum atomic E-state index is 9.52. The molecule has 1 heterocycles. The van der Waals surface area contributed by atoms with E-state index in [4.69, 9.17) is 0 Å². The van der Waals surface area contributed by atoms with Crippen LogP contribution in [-0.2, 0) is 6.42 Å². The van der Waals surface area contributed by atoms with E-state index in [1.165, 1.54) is 5.56 Å². The van der Waals surface area contributed by atoms with Crippen LogP contribution in [0.1, 0.15) is 19.4 Å². The highest BCUT2D eigenvalue weighted by Gasteiger charge is 2.01. The fourth-order valence-corrected chi connectivity index (χ4v) is 1.78. The van der Waals surface area contributed by atoms with Crippen LogP contribution < -0.4 is 0 Å². The van der Waals surface area contributed by atoms with Crippen molar-refractivity contribution in [1.29, 1.82) is 0 Å². The molecule has 1 N–H and O–H groups in total. The first kappa shape index (κ1) is 9.49. The highest BCUT2D eigenvalue weighted by molar-refractivity contribution is 7.07. The van der Waals surface area contributed by atoms with Crippen molar-refractivity contribution in [3.63, 3.8) is 0 Å². The van der Waals surface area contributed by atoms with Crippen LogP contribution in [0.5, 0.6) is 0 Å². The Labute approximate surface area is 77.4 Å². The van der Waals surface area contributed by atoms with Crippen LogP contribution in [0.2, 0.25) is 0 Å². The van der Waals surface area contributed by atoms with Gasteiger partial charge in [0.15, 0.2) is 0 Å². The second-order valence-electron chi connectivity index (χ2n) is 3.15. The lowest BCUT2D eigenvalue weighted by Gasteiger charge is -2.03. The van der Waals surface area contributed by atoms with Crippen molar-refractivity contribution < 1.29 is 5.11 Å². The van der Waals surface area contributed by atoms with Gasteiger partial charge in [-0.3, -0.25) is 0 Å². The lowest BCUT2D eigenvalue weighted by atomic mass is 10.1. The lowest BCUT2D eigenvalue weighted by molar-refractivity contribution is 0.223. The van der Waals surface area contributed by atoms with Gasteiger partial charge in [-0.2, -0.15) is 11.3 Å². The van der Waals surface area contributed by atoms with Crippen molar-refractivity contribution in [1.82, 2.24) is 0 Å². The highest BCUT2D eigenvalue weighted by Crippen LogP contribution is 2.09. The molecule has 0 bridgehead atoms. The van der Waals surface area contributed by atoms with Gasteiger partial charge < -0.3 is 5.11 Å². The van der Waals surface area contributed by atoms with E-state index in [1.54, 1.807) is 11.3 Å². The number of allylic oxidation sites excluding steroid dienone is 1. The molecular weight excluding hydrogens is 168 g/mol. The highest BCUT2D eigenvalue weighted by atomic mass is 32.1. The molecule has 0 radical (unpaired) electrons. The van der Waals surface area contributed by atoms with E-state index < -0.39 is 0 Å². The molecule has 1 aromatic heterocycles. The normalized spacial score (nSPS) is 12.6. The molecule has 2 heteroatoms. The second kappa shape index (κ2) is 4.43. The topological polar surface area (TPSA) is 20.2 Å². The van der Waals surface area contributed by atoms with Crippen LogP contribution in [0.15, 0.2) is 28.5 Å². The van der Waals surface area contributed by atoms with Gasteiger partial charge in [-0.15, -0.1) is 0 Å². The predicted octanol–water partition coefficient (Wildman–Crippen LogP) is 2.62.